The molecule has 2 aliphatic rings. The minimum Gasteiger partial charge on any atom is -0.468 e. The number of hydrogen-bond acceptors (Lipinski definition) is 7. The van der Waals surface area contributed by atoms with Crippen LogP contribution in [0, 0.1) is 11.8 Å². The van der Waals surface area contributed by atoms with Gasteiger partial charge in [0.1, 0.15) is 0 Å². The van der Waals surface area contributed by atoms with E-state index in [9.17, 15) is 0 Å². The predicted octanol–water partition coefficient (Wildman–Crippen LogP) is 2.41. The predicted molar refractivity (Wildman–Crippen MR) is 97.3 cm³/mol. The summed E-state index contributed by atoms with van der Waals surface area (Å²) >= 11 is 0. The van der Waals surface area contributed by atoms with Gasteiger partial charge in [0.2, 0.25) is 0 Å². The summed E-state index contributed by atoms with van der Waals surface area (Å²) < 4.78 is 18.6. The second-order valence-corrected chi connectivity index (χ2v) is 7.27. The third-order valence-electron chi connectivity index (χ3n) is 5.22. The Labute approximate surface area is 153 Å². The van der Waals surface area contributed by atoms with Crippen LogP contribution in [0.1, 0.15) is 38.5 Å². The Kier molecular flexibility index (Phi) is 5.10. The monoisotopic (exact) mass is 361 g/mol. The van der Waals surface area contributed by atoms with Gasteiger partial charge in [0.15, 0.2) is 17.0 Å². The van der Waals surface area contributed by atoms with Crippen molar-refractivity contribution in [2.24, 2.45) is 11.8 Å². The van der Waals surface area contributed by atoms with E-state index in [1.54, 1.807) is 7.11 Å². The molecular formula is C18H27N5O3. The molecule has 8 heteroatoms. The van der Waals surface area contributed by atoms with Crippen LogP contribution in [-0.4, -0.2) is 46.4 Å². The number of fused-ring (bicyclic) bond motifs is 1. The average molecular weight is 361 g/mol. The first-order valence-electron chi connectivity index (χ1n) is 9.53. The molecule has 0 aromatic carbocycles. The number of anilines is 1. The molecule has 142 valence electrons. The standard InChI is InChI=1S/C18H27N5O3/c1-24-18-20-14-15(19)21-17(26-10-7-12-4-5-12)22-16(14)23(18)8-2-3-13-6-9-25-11-13/h12-13H,2-11H2,1H3,(H2,19,21,22). The summed E-state index contributed by atoms with van der Waals surface area (Å²) in [5, 5.41) is 0. The van der Waals surface area contributed by atoms with Gasteiger partial charge in [0, 0.05) is 19.8 Å². The topological polar surface area (TPSA) is 97.3 Å². The van der Waals surface area contributed by atoms with Crippen LogP contribution in [0.4, 0.5) is 5.82 Å². The Bertz CT molecular complexity index is 753. The lowest BCUT2D eigenvalue weighted by molar-refractivity contribution is 0.183. The molecule has 8 nitrogen and oxygen atoms in total. The molecule has 2 N–H and O–H groups in total. The van der Waals surface area contributed by atoms with Gasteiger partial charge in [-0.3, -0.25) is 4.57 Å². The Morgan fingerprint density at radius 2 is 2.04 bits per heavy atom. The van der Waals surface area contributed by atoms with Gasteiger partial charge in [0.05, 0.1) is 13.7 Å². The molecule has 1 aliphatic heterocycles. The maximum absolute atomic E-state index is 6.09. The number of imidazole rings is 1. The van der Waals surface area contributed by atoms with E-state index >= 15 is 0 Å². The minimum atomic E-state index is 0.323. The maximum Gasteiger partial charge on any atom is 0.320 e. The third-order valence-corrected chi connectivity index (χ3v) is 5.22. The fraction of sp³-hybridized carbons (Fsp3) is 0.722. The zero-order valence-corrected chi connectivity index (χ0v) is 15.3. The van der Waals surface area contributed by atoms with E-state index in [1.165, 1.54) is 12.8 Å². The number of rotatable bonds is 9. The summed E-state index contributed by atoms with van der Waals surface area (Å²) in [6.07, 6.45) is 6.94. The molecule has 2 aromatic heterocycles. The second-order valence-electron chi connectivity index (χ2n) is 7.27. The van der Waals surface area contributed by atoms with E-state index in [2.05, 4.69) is 15.0 Å². The molecule has 0 bridgehead atoms. The summed E-state index contributed by atoms with van der Waals surface area (Å²) in [5.74, 6) is 1.79. The summed E-state index contributed by atoms with van der Waals surface area (Å²) in [4.78, 5) is 13.3. The van der Waals surface area contributed by atoms with Crippen molar-refractivity contribution >= 4 is 17.0 Å². The zero-order chi connectivity index (χ0) is 17.9. The number of aryl methyl sites for hydroxylation is 1. The Balaban J connectivity index is 1.49. The zero-order valence-electron chi connectivity index (χ0n) is 15.3. The molecule has 3 heterocycles. The van der Waals surface area contributed by atoms with Crippen molar-refractivity contribution in [3.63, 3.8) is 0 Å². The van der Waals surface area contributed by atoms with E-state index in [0.717, 1.165) is 51.4 Å². The molecule has 0 radical (unpaired) electrons. The molecule has 1 saturated heterocycles. The highest BCUT2D eigenvalue weighted by molar-refractivity contribution is 5.83. The van der Waals surface area contributed by atoms with Crippen LogP contribution >= 0.6 is 0 Å². The highest BCUT2D eigenvalue weighted by Gasteiger charge is 2.22. The fourth-order valence-electron chi connectivity index (χ4n) is 3.48. The molecule has 1 saturated carbocycles. The van der Waals surface area contributed by atoms with Crippen LogP contribution < -0.4 is 15.2 Å². The van der Waals surface area contributed by atoms with Crippen molar-refractivity contribution in [2.45, 2.75) is 45.1 Å². The lowest BCUT2D eigenvalue weighted by Crippen LogP contribution is -2.08. The molecule has 2 aromatic rings. The van der Waals surface area contributed by atoms with Gasteiger partial charge in [0.25, 0.3) is 6.01 Å². The molecule has 1 aliphatic carbocycles. The maximum atomic E-state index is 6.09. The molecule has 26 heavy (non-hydrogen) atoms. The van der Waals surface area contributed by atoms with Crippen LogP contribution in [0.3, 0.4) is 0 Å². The van der Waals surface area contributed by atoms with Gasteiger partial charge >= 0.3 is 6.01 Å². The fourth-order valence-corrected chi connectivity index (χ4v) is 3.48. The molecule has 0 amide bonds. The molecule has 1 atom stereocenters. The minimum absolute atomic E-state index is 0.323. The quantitative estimate of drug-likeness (QED) is 0.732. The SMILES string of the molecule is COc1nc2c(N)nc(OCCC3CC3)nc2n1CCCC1CCOC1. The number of nitrogen functional groups attached to an aromatic ring is 1. The Hall–Kier alpha value is -2.09. The summed E-state index contributed by atoms with van der Waals surface area (Å²) in [6.45, 7) is 3.15. The van der Waals surface area contributed by atoms with Crippen LogP contribution in [0.5, 0.6) is 12.0 Å². The van der Waals surface area contributed by atoms with Crippen molar-refractivity contribution in [3.8, 4) is 12.0 Å². The number of hydrogen-bond donors (Lipinski definition) is 1. The van der Waals surface area contributed by atoms with Crippen LogP contribution in [0.15, 0.2) is 0 Å². The van der Waals surface area contributed by atoms with E-state index in [-0.39, 0.29) is 0 Å². The second kappa shape index (κ2) is 7.65. The van der Waals surface area contributed by atoms with Crippen molar-refractivity contribution in [1.29, 1.82) is 0 Å². The van der Waals surface area contributed by atoms with E-state index in [1.807, 2.05) is 4.57 Å². The van der Waals surface area contributed by atoms with Gasteiger partial charge < -0.3 is 19.9 Å². The Morgan fingerprint density at radius 3 is 2.77 bits per heavy atom. The average Bonchev–Trinajstić information content (AvgIpc) is 3.17. The number of ether oxygens (including phenoxy) is 3. The van der Waals surface area contributed by atoms with Crippen molar-refractivity contribution in [2.75, 3.05) is 32.7 Å². The van der Waals surface area contributed by atoms with Crippen molar-refractivity contribution in [3.05, 3.63) is 0 Å². The normalized spacial score (nSPS) is 20.0. The summed E-state index contributed by atoms with van der Waals surface area (Å²) in [6, 6.07) is 0.836. The first-order chi connectivity index (χ1) is 12.7. The van der Waals surface area contributed by atoms with Gasteiger partial charge in [-0.15, -0.1) is 0 Å². The number of aromatic nitrogens is 4. The lowest BCUT2D eigenvalue weighted by Gasteiger charge is -2.10. The highest BCUT2D eigenvalue weighted by Crippen LogP contribution is 2.32. The van der Waals surface area contributed by atoms with E-state index in [4.69, 9.17) is 19.9 Å². The first kappa shape index (κ1) is 17.3. The largest absolute Gasteiger partial charge is 0.468 e. The van der Waals surface area contributed by atoms with Gasteiger partial charge in [-0.25, -0.2) is 0 Å². The van der Waals surface area contributed by atoms with Crippen molar-refractivity contribution in [1.82, 2.24) is 19.5 Å². The van der Waals surface area contributed by atoms with Crippen molar-refractivity contribution < 1.29 is 14.2 Å². The van der Waals surface area contributed by atoms with Gasteiger partial charge in [-0.1, -0.05) is 12.8 Å². The number of nitrogens with two attached hydrogens (primary N) is 1. The summed E-state index contributed by atoms with van der Waals surface area (Å²) in [7, 11) is 1.61. The van der Waals surface area contributed by atoms with E-state index < -0.39 is 0 Å². The number of nitrogens with zero attached hydrogens (tertiary/aromatic N) is 4. The van der Waals surface area contributed by atoms with E-state index in [0.29, 0.717) is 41.5 Å². The molecule has 2 fully saturated rings. The summed E-state index contributed by atoms with van der Waals surface area (Å²) in [5.41, 5.74) is 7.34. The smallest absolute Gasteiger partial charge is 0.320 e. The molecule has 4 rings (SSSR count). The third kappa shape index (κ3) is 3.85. The van der Waals surface area contributed by atoms with Crippen LogP contribution in [0.2, 0.25) is 0 Å². The number of methoxy groups -OCH3 is 1. The molecule has 0 spiro atoms. The highest BCUT2D eigenvalue weighted by atomic mass is 16.5. The first-order valence-corrected chi connectivity index (χ1v) is 9.53. The lowest BCUT2D eigenvalue weighted by atomic mass is 10.0. The Morgan fingerprint density at radius 1 is 1.15 bits per heavy atom. The van der Waals surface area contributed by atoms with Gasteiger partial charge in [-0.05, 0) is 37.5 Å². The molecular weight excluding hydrogens is 334 g/mol. The molecule has 1 unspecified atom stereocenters. The van der Waals surface area contributed by atoms with Crippen LogP contribution in [-0.2, 0) is 11.3 Å². The van der Waals surface area contributed by atoms with Gasteiger partial charge in [-0.2, -0.15) is 15.0 Å². The van der Waals surface area contributed by atoms with Crippen LogP contribution in [0.25, 0.3) is 11.2 Å².